The monoisotopic (exact) mass is 556 g/mol. The molecule has 0 saturated carbocycles. The Morgan fingerprint density at radius 1 is 1.12 bits per heavy atom. The minimum absolute atomic E-state index is 0.00761. The number of amides is 3. The van der Waals surface area contributed by atoms with Crippen molar-refractivity contribution in [1.29, 1.82) is 0 Å². The van der Waals surface area contributed by atoms with Crippen molar-refractivity contribution in [2.24, 2.45) is 5.92 Å². The van der Waals surface area contributed by atoms with Crippen LogP contribution in [0, 0.1) is 5.92 Å². The largest absolute Gasteiger partial charge is 0.497 e. The highest BCUT2D eigenvalue weighted by Crippen LogP contribution is 2.28. The first kappa shape index (κ1) is 31.2. The molecule has 2 aromatic carbocycles. The van der Waals surface area contributed by atoms with Gasteiger partial charge in [0.1, 0.15) is 11.5 Å². The number of carbonyl (C=O) groups excluding carboxylic acids is 2. The molecule has 40 heavy (non-hydrogen) atoms. The summed E-state index contributed by atoms with van der Waals surface area (Å²) in [6.45, 7) is 7.34. The molecule has 0 bridgehead atoms. The fourth-order valence-electron chi connectivity index (χ4n) is 4.66. The van der Waals surface area contributed by atoms with Crippen LogP contribution in [0.15, 0.2) is 42.5 Å². The topological polar surface area (TPSA) is 121 Å². The normalized spacial score (nSPS) is 21.4. The zero-order valence-corrected chi connectivity index (χ0v) is 24.2. The SMILES string of the molecule is CNC[C@@H]1OCCCC[C@H](C)Oc2ccc(NC(=O)Nc3ccc(OC)cc3)cc2C(=O)N([C@@H](C)CO)C[C@H]1C. The smallest absolute Gasteiger partial charge is 0.323 e. The van der Waals surface area contributed by atoms with Crippen LogP contribution >= 0.6 is 0 Å². The predicted octanol–water partition coefficient (Wildman–Crippen LogP) is 4.35. The standard InChI is InChI=1S/C30H44N4O6/c1-20-18-34(21(2)19-35)29(36)26-16-24(33-30(37)32-23-9-12-25(38-5)13-10-23)11-14-27(26)40-22(3)8-6-7-15-39-28(20)17-31-4/h9-14,16,20-22,28,31,35H,6-8,15,17-19H2,1-5H3,(H2,32,33,37)/t20-,21+,22+,28+/m1/s1. The highest BCUT2D eigenvalue weighted by Gasteiger charge is 2.29. The Balaban J connectivity index is 1.90. The maximum absolute atomic E-state index is 14.1. The molecule has 10 nitrogen and oxygen atoms in total. The molecule has 0 radical (unpaired) electrons. The number of ether oxygens (including phenoxy) is 3. The number of fused-ring (bicyclic) bond motifs is 1. The molecule has 3 amide bonds. The minimum atomic E-state index is -0.450. The molecule has 0 spiro atoms. The van der Waals surface area contributed by atoms with Gasteiger partial charge < -0.3 is 40.2 Å². The first-order valence-electron chi connectivity index (χ1n) is 14.0. The molecule has 0 saturated heterocycles. The Hall–Kier alpha value is -3.34. The number of rotatable bonds is 7. The highest BCUT2D eigenvalue weighted by atomic mass is 16.5. The van der Waals surface area contributed by atoms with Crippen LogP contribution in [-0.2, 0) is 4.74 Å². The van der Waals surface area contributed by atoms with Gasteiger partial charge >= 0.3 is 6.03 Å². The van der Waals surface area contributed by atoms with E-state index in [2.05, 4.69) is 22.9 Å². The van der Waals surface area contributed by atoms with E-state index < -0.39 is 12.1 Å². The average Bonchev–Trinajstić information content (AvgIpc) is 2.95. The average molecular weight is 557 g/mol. The lowest BCUT2D eigenvalue weighted by Crippen LogP contribution is -2.47. The summed E-state index contributed by atoms with van der Waals surface area (Å²) in [4.78, 5) is 28.5. The Morgan fingerprint density at radius 2 is 1.82 bits per heavy atom. The van der Waals surface area contributed by atoms with Crippen LogP contribution in [0.4, 0.5) is 16.2 Å². The summed E-state index contributed by atoms with van der Waals surface area (Å²) in [5.41, 5.74) is 1.36. The maximum atomic E-state index is 14.1. The molecule has 4 atom stereocenters. The zero-order valence-electron chi connectivity index (χ0n) is 24.2. The lowest BCUT2D eigenvalue weighted by Gasteiger charge is -2.34. The number of likely N-dealkylation sites (N-methyl/N-ethyl adjacent to an activating group) is 1. The third-order valence-electron chi connectivity index (χ3n) is 7.06. The quantitative estimate of drug-likeness (QED) is 0.400. The third kappa shape index (κ3) is 8.84. The molecule has 1 aliphatic heterocycles. The first-order chi connectivity index (χ1) is 19.2. The van der Waals surface area contributed by atoms with Gasteiger partial charge in [0, 0.05) is 37.0 Å². The summed E-state index contributed by atoms with van der Waals surface area (Å²) in [7, 11) is 3.46. The molecule has 0 aliphatic carbocycles. The number of aliphatic hydroxyl groups excluding tert-OH is 1. The van der Waals surface area contributed by atoms with Crippen molar-refractivity contribution >= 4 is 23.3 Å². The van der Waals surface area contributed by atoms with E-state index in [1.165, 1.54) is 0 Å². The van der Waals surface area contributed by atoms with Crippen molar-refractivity contribution in [3.05, 3.63) is 48.0 Å². The summed E-state index contributed by atoms with van der Waals surface area (Å²) < 4.78 is 17.6. The van der Waals surface area contributed by atoms with Crippen molar-refractivity contribution < 1.29 is 28.9 Å². The minimum Gasteiger partial charge on any atom is -0.497 e. The summed E-state index contributed by atoms with van der Waals surface area (Å²) in [5, 5.41) is 18.8. The van der Waals surface area contributed by atoms with E-state index in [1.54, 1.807) is 54.5 Å². The van der Waals surface area contributed by atoms with Crippen molar-refractivity contribution in [3.63, 3.8) is 0 Å². The molecule has 4 N–H and O–H groups in total. The number of nitrogens with zero attached hydrogens (tertiary/aromatic N) is 1. The molecule has 3 rings (SSSR count). The summed E-state index contributed by atoms with van der Waals surface area (Å²) in [6.07, 6.45) is 2.45. The van der Waals surface area contributed by atoms with E-state index in [1.807, 2.05) is 20.9 Å². The van der Waals surface area contributed by atoms with Gasteiger partial charge in [-0.2, -0.15) is 0 Å². The summed E-state index contributed by atoms with van der Waals surface area (Å²) in [5.74, 6) is 0.856. The van der Waals surface area contributed by atoms with Gasteiger partial charge in [0.05, 0.1) is 37.5 Å². The molecule has 0 fully saturated rings. The van der Waals surface area contributed by atoms with E-state index in [0.29, 0.717) is 48.1 Å². The highest BCUT2D eigenvalue weighted by molar-refractivity contribution is 6.02. The second-order valence-corrected chi connectivity index (χ2v) is 10.4. The molecule has 1 heterocycles. The van der Waals surface area contributed by atoms with E-state index >= 15 is 0 Å². The van der Waals surface area contributed by atoms with Crippen LogP contribution in [0.25, 0.3) is 0 Å². The van der Waals surface area contributed by atoms with Crippen LogP contribution < -0.4 is 25.4 Å². The van der Waals surface area contributed by atoms with Crippen LogP contribution in [0.2, 0.25) is 0 Å². The molecule has 0 aromatic heterocycles. The zero-order chi connectivity index (χ0) is 29.1. The van der Waals surface area contributed by atoms with Gasteiger partial charge in [-0.3, -0.25) is 4.79 Å². The number of nitrogens with one attached hydrogen (secondary N) is 3. The molecule has 10 heteroatoms. The van der Waals surface area contributed by atoms with Gasteiger partial charge in [-0.25, -0.2) is 4.79 Å². The number of benzene rings is 2. The Morgan fingerprint density at radius 3 is 2.50 bits per heavy atom. The molecule has 2 aromatic rings. The number of hydrogen-bond acceptors (Lipinski definition) is 7. The fourth-order valence-corrected chi connectivity index (χ4v) is 4.66. The van der Waals surface area contributed by atoms with Gasteiger partial charge in [-0.1, -0.05) is 6.92 Å². The predicted molar refractivity (Wildman–Crippen MR) is 156 cm³/mol. The molecule has 220 valence electrons. The van der Waals surface area contributed by atoms with Gasteiger partial charge in [0.15, 0.2) is 0 Å². The van der Waals surface area contributed by atoms with Crippen LogP contribution in [0.5, 0.6) is 11.5 Å². The number of anilines is 2. The van der Waals surface area contributed by atoms with Crippen molar-refractivity contribution in [2.75, 3.05) is 51.1 Å². The van der Waals surface area contributed by atoms with Crippen LogP contribution in [0.3, 0.4) is 0 Å². The first-order valence-corrected chi connectivity index (χ1v) is 14.0. The van der Waals surface area contributed by atoms with Crippen molar-refractivity contribution in [1.82, 2.24) is 10.2 Å². The van der Waals surface area contributed by atoms with Gasteiger partial charge in [0.2, 0.25) is 0 Å². The second kappa shape index (κ2) is 15.4. The Bertz CT molecular complexity index is 1100. The van der Waals surface area contributed by atoms with E-state index in [-0.39, 0.29) is 30.6 Å². The maximum Gasteiger partial charge on any atom is 0.323 e. The summed E-state index contributed by atoms with van der Waals surface area (Å²) >= 11 is 0. The van der Waals surface area contributed by atoms with Crippen LogP contribution in [-0.4, -0.2) is 80.7 Å². The van der Waals surface area contributed by atoms with Gasteiger partial charge in [0.25, 0.3) is 5.91 Å². The van der Waals surface area contributed by atoms with Crippen LogP contribution in [0.1, 0.15) is 50.4 Å². The number of methoxy groups -OCH3 is 1. The van der Waals surface area contributed by atoms with Crippen molar-refractivity contribution in [2.45, 2.75) is 58.3 Å². The number of aliphatic hydroxyl groups is 1. The van der Waals surface area contributed by atoms with E-state index in [4.69, 9.17) is 14.2 Å². The number of urea groups is 1. The molecule has 0 unspecified atom stereocenters. The lowest BCUT2D eigenvalue weighted by atomic mass is 10.0. The lowest BCUT2D eigenvalue weighted by molar-refractivity contribution is -0.000451. The van der Waals surface area contributed by atoms with Crippen molar-refractivity contribution in [3.8, 4) is 11.5 Å². The third-order valence-corrected chi connectivity index (χ3v) is 7.06. The fraction of sp³-hybridized carbons (Fsp3) is 0.533. The Kier molecular flexibility index (Phi) is 12.0. The second-order valence-electron chi connectivity index (χ2n) is 10.4. The molecule has 1 aliphatic rings. The molecular formula is C30H44N4O6. The Labute approximate surface area is 237 Å². The van der Waals surface area contributed by atoms with E-state index in [0.717, 1.165) is 19.3 Å². The number of carbonyl (C=O) groups is 2. The summed E-state index contributed by atoms with van der Waals surface area (Å²) in [6, 6.07) is 11.2. The van der Waals surface area contributed by atoms with Gasteiger partial charge in [-0.15, -0.1) is 0 Å². The molecular weight excluding hydrogens is 512 g/mol. The number of hydrogen-bond donors (Lipinski definition) is 4. The van der Waals surface area contributed by atoms with Gasteiger partial charge in [-0.05, 0) is 82.6 Å². The van der Waals surface area contributed by atoms with E-state index in [9.17, 15) is 14.7 Å².